The molecular formula is C5H12O2. The molecule has 0 radical (unpaired) electrons. The number of hydrogen-bond acceptors (Lipinski definition) is 2. The minimum atomic E-state index is -2.42. The van der Waals surface area contributed by atoms with Crippen LogP contribution in [0.15, 0.2) is 0 Å². The molecule has 0 amide bonds. The number of aliphatic hydroxyl groups excluding tert-OH is 1. The zero-order valence-corrected chi connectivity index (χ0v) is 4.56. The van der Waals surface area contributed by atoms with E-state index in [1.807, 2.05) is 0 Å². The van der Waals surface area contributed by atoms with Gasteiger partial charge in [-0.15, -0.1) is 0 Å². The average molecular weight is 107 g/mol. The number of aliphatic hydroxyl groups is 1. The van der Waals surface area contributed by atoms with E-state index in [2.05, 4.69) is 4.74 Å². The molecule has 0 rings (SSSR count). The van der Waals surface area contributed by atoms with Crippen molar-refractivity contribution in [3.8, 4) is 0 Å². The van der Waals surface area contributed by atoms with E-state index in [1.165, 1.54) is 13.8 Å². The van der Waals surface area contributed by atoms with Gasteiger partial charge in [-0.1, -0.05) is 0 Å². The summed E-state index contributed by atoms with van der Waals surface area (Å²) in [5, 5.41) is 8.58. The van der Waals surface area contributed by atoms with Gasteiger partial charge in [0.15, 0.2) is 0 Å². The van der Waals surface area contributed by atoms with E-state index in [-0.39, 0.29) is 6.61 Å². The van der Waals surface area contributed by atoms with Gasteiger partial charge in [-0.2, -0.15) is 0 Å². The molecule has 0 aromatic carbocycles. The number of rotatable bonds is 2. The highest BCUT2D eigenvalue weighted by atomic mass is 16.5. The summed E-state index contributed by atoms with van der Waals surface area (Å²) in [5.41, 5.74) is -0.981. The molecule has 2 heteroatoms. The lowest BCUT2D eigenvalue weighted by Crippen LogP contribution is -2.26. The van der Waals surface area contributed by atoms with Gasteiger partial charge >= 0.3 is 0 Å². The molecule has 0 fully saturated rings. The standard InChI is InChI=1S/C5H12O2/c1-5(2,4-6)7-3/h6H,4H2,1-3H3/i3D3. The quantitative estimate of drug-likeness (QED) is 0.553. The minimum Gasteiger partial charge on any atom is -0.393 e. The van der Waals surface area contributed by atoms with E-state index in [1.54, 1.807) is 0 Å². The predicted molar refractivity (Wildman–Crippen MR) is 28.2 cm³/mol. The maximum atomic E-state index is 8.58. The molecule has 1 N–H and O–H groups in total. The largest absolute Gasteiger partial charge is 0.393 e. The van der Waals surface area contributed by atoms with Crippen molar-refractivity contribution in [1.29, 1.82) is 0 Å². The minimum absolute atomic E-state index is 0.300. The van der Waals surface area contributed by atoms with Crippen molar-refractivity contribution in [2.75, 3.05) is 13.6 Å². The van der Waals surface area contributed by atoms with E-state index in [9.17, 15) is 0 Å². The molecule has 0 aliphatic carbocycles. The Morgan fingerprint density at radius 2 is 2.43 bits per heavy atom. The second-order valence-electron chi connectivity index (χ2n) is 2.02. The third-order valence-electron chi connectivity index (χ3n) is 0.657. The molecule has 0 aromatic heterocycles. The summed E-state index contributed by atoms with van der Waals surface area (Å²) >= 11 is 0. The fourth-order valence-electron chi connectivity index (χ4n) is 0.0323. The van der Waals surface area contributed by atoms with E-state index in [0.29, 0.717) is 0 Å². The topological polar surface area (TPSA) is 29.5 Å². The second kappa shape index (κ2) is 2.28. The molecule has 7 heavy (non-hydrogen) atoms. The molecular weight excluding hydrogens is 92.1 g/mol. The first-order chi connectivity index (χ1) is 4.27. The molecule has 0 bridgehead atoms. The first-order valence-corrected chi connectivity index (χ1v) is 2.08. The average Bonchev–Trinajstić information content (AvgIpc) is 1.60. The van der Waals surface area contributed by atoms with Crippen LogP contribution in [0, 0.1) is 0 Å². The summed E-state index contributed by atoms with van der Waals surface area (Å²) in [6.07, 6.45) is 0. The van der Waals surface area contributed by atoms with E-state index in [4.69, 9.17) is 9.22 Å². The highest BCUT2D eigenvalue weighted by Crippen LogP contribution is 2.03. The molecule has 0 aromatic rings. The van der Waals surface area contributed by atoms with Crippen LogP contribution in [-0.4, -0.2) is 24.4 Å². The molecule has 2 nitrogen and oxygen atoms in total. The predicted octanol–water partition coefficient (Wildman–Crippen LogP) is 0.404. The van der Waals surface area contributed by atoms with Gasteiger partial charge in [-0.3, -0.25) is 0 Å². The van der Waals surface area contributed by atoms with Crippen LogP contribution in [0.2, 0.25) is 0 Å². The zero-order chi connectivity index (χ0) is 8.41. The van der Waals surface area contributed by atoms with Gasteiger partial charge in [-0.05, 0) is 13.8 Å². The smallest absolute Gasteiger partial charge is 0.0852 e. The van der Waals surface area contributed by atoms with Crippen molar-refractivity contribution < 1.29 is 14.0 Å². The maximum absolute atomic E-state index is 8.58. The Morgan fingerprint density at radius 3 is 2.57 bits per heavy atom. The van der Waals surface area contributed by atoms with Crippen LogP contribution in [0.1, 0.15) is 18.0 Å². The summed E-state index contributed by atoms with van der Waals surface area (Å²) in [4.78, 5) is 0. The SMILES string of the molecule is [2H]C([2H])([2H])OC(C)(C)CO. The summed E-state index contributed by atoms with van der Waals surface area (Å²) in [7, 11) is -2.42. The lowest BCUT2D eigenvalue weighted by Gasteiger charge is -2.18. The third-order valence-corrected chi connectivity index (χ3v) is 0.657. The molecule has 0 saturated heterocycles. The van der Waals surface area contributed by atoms with Crippen LogP contribution in [0.3, 0.4) is 0 Å². The highest BCUT2D eigenvalue weighted by Gasteiger charge is 2.12. The fraction of sp³-hybridized carbons (Fsp3) is 1.00. The van der Waals surface area contributed by atoms with Gasteiger partial charge in [0.25, 0.3) is 0 Å². The van der Waals surface area contributed by atoms with Gasteiger partial charge in [-0.25, -0.2) is 0 Å². The monoisotopic (exact) mass is 107 g/mol. The zero-order valence-electron chi connectivity index (χ0n) is 7.56. The number of hydrogen-bond donors (Lipinski definition) is 1. The molecule has 0 spiro atoms. The van der Waals surface area contributed by atoms with E-state index < -0.39 is 12.6 Å². The lowest BCUT2D eigenvalue weighted by molar-refractivity contribution is -0.0226. The molecule has 0 atom stereocenters. The summed E-state index contributed by atoms with van der Waals surface area (Å²) in [6, 6.07) is 0. The van der Waals surface area contributed by atoms with Crippen LogP contribution < -0.4 is 0 Å². The first kappa shape index (κ1) is 3.05. The molecule has 0 saturated carbocycles. The Balaban J connectivity index is 3.89. The Bertz CT molecular complexity index is 108. The first-order valence-electron chi connectivity index (χ1n) is 3.58. The van der Waals surface area contributed by atoms with Gasteiger partial charge < -0.3 is 9.84 Å². The summed E-state index contributed by atoms with van der Waals surface area (Å²) in [5.74, 6) is 0. The fourth-order valence-corrected chi connectivity index (χ4v) is 0.0323. The van der Waals surface area contributed by atoms with Gasteiger partial charge in [0.05, 0.1) is 16.3 Å². The van der Waals surface area contributed by atoms with Crippen molar-refractivity contribution in [1.82, 2.24) is 0 Å². The van der Waals surface area contributed by atoms with E-state index in [0.717, 1.165) is 0 Å². The van der Waals surface area contributed by atoms with E-state index >= 15 is 0 Å². The number of ether oxygens (including phenoxy) is 1. The molecule has 0 aliphatic heterocycles. The van der Waals surface area contributed by atoms with Gasteiger partial charge in [0.2, 0.25) is 0 Å². The van der Waals surface area contributed by atoms with Crippen LogP contribution in [0.4, 0.5) is 0 Å². The molecule has 0 unspecified atom stereocenters. The van der Waals surface area contributed by atoms with Crippen molar-refractivity contribution in [3.63, 3.8) is 0 Å². The maximum Gasteiger partial charge on any atom is 0.0852 e. The Morgan fingerprint density at radius 1 is 1.86 bits per heavy atom. The molecule has 0 aliphatic rings. The van der Waals surface area contributed by atoms with Crippen molar-refractivity contribution >= 4 is 0 Å². The van der Waals surface area contributed by atoms with Crippen molar-refractivity contribution in [2.45, 2.75) is 19.4 Å². The highest BCUT2D eigenvalue weighted by molar-refractivity contribution is 4.63. The van der Waals surface area contributed by atoms with Gasteiger partial charge in [0, 0.05) is 7.04 Å². The molecule has 44 valence electrons. The van der Waals surface area contributed by atoms with Crippen LogP contribution in [0.5, 0.6) is 0 Å². The Hall–Kier alpha value is -0.0800. The number of methoxy groups -OCH3 is 1. The second-order valence-corrected chi connectivity index (χ2v) is 2.02. The normalized spacial score (nSPS) is 20.1. The van der Waals surface area contributed by atoms with Crippen LogP contribution in [0.25, 0.3) is 0 Å². The molecule has 0 heterocycles. The third kappa shape index (κ3) is 2.60. The lowest BCUT2D eigenvalue weighted by atomic mass is 10.2. The van der Waals surface area contributed by atoms with Crippen LogP contribution >= 0.6 is 0 Å². The van der Waals surface area contributed by atoms with Gasteiger partial charge in [0.1, 0.15) is 0 Å². The van der Waals surface area contributed by atoms with Crippen molar-refractivity contribution in [3.05, 3.63) is 0 Å². The summed E-state index contributed by atoms with van der Waals surface area (Å²) in [6.45, 7) is 2.73. The summed E-state index contributed by atoms with van der Waals surface area (Å²) < 4.78 is 24.6. The Kier molecular flexibility index (Phi) is 0.995. The Labute approximate surface area is 48.3 Å². The van der Waals surface area contributed by atoms with Crippen LogP contribution in [-0.2, 0) is 4.74 Å². The van der Waals surface area contributed by atoms with Crippen molar-refractivity contribution in [2.24, 2.45) is 0 Å².